The van der Waals surface area contributed by atoms with E-state index in [2.05, 4.69) is 51.1 Å². The van der Waals surface area contributed by atoms with Crippen LogP contribution in [0.25, 0.3) is 0 Å². The number of rotatable bonds is 8. The number of hydrogen-bond acceptors (Lipinski definition) is 7. The first kappa shape index (κ1) is 16.4. The fraction of sp³-hybridized carbons (Fsp3) is 0.769. The van der Waals surface area contributed by atoms with Gasteiger partial charge in [0.05, 0.1) is 0 Å². The number of likely N-dealkylation sites (N-methyl/N-ethyl adjacent to an activating group) is 1. The lowest BCUT2D eigenvalue weighted by atomic mass is 10.4. The Morgan fingerprint density at radius 1 is 0.900 bits per heavy atom. The van der Waals surface area contributed by atoms with Crippen LogP contribution in [0.5, 0.6) is 0 Å². The van der Waals surface area contributed by atoms with Crippen molar-refractivity contribution in [2.75, 3.05) is 70.0 Å². The van der Waals surface area contributed by atoms with Crippen molar-refractivity contribution in [3.05, 3.63) is 0 Å². The molecule has 1 rings (SSSR count). The fourth-order valence-electron chi connectivity index (χ4n) is 1.71. The number of aromatic nitrogens is 3. The van der Waals surface area contributed by atoms with Crippen molar-refractivity contribution in [1.82, 2.24) is 19.9 Å². The molecule has 0 atom stereocenters. The van der Waals surface area contributed by atoms with E-state index in [1.54, 1.807) is 0 Å². The van der Waals surface area contributed by atoms with Gasteiger partial charge in [0.15, 0.2) is 0 Å². The Morgan fingerprint density at radius 2 is 1.55 bits per heavy atom. The summed E-state index contributed by atoms with van der Waals surface area (Å²) in [6.07, 6.45) is 1.06. The molecule has 20 heavy (non-hydrogen) atoms. The molecule has 0 fully saturated rings. The molecular weight excluding hydrogens is 254 g/mol. The summed E-state index contributed by atoms with van der Waals surface area (Å²) in [5.41, 5.74) is 0. The van der Waals surface area contributed by atoms with Crippen molar-refractivity contribution in [3.63, 3.8) is 0 Å². The summed E-state index contributed by atoms with van der Waals surface area (Å²) < 4.78 is 0. The van der Waals surface area contributed by atoms with Gasteiger partial charge in [-0.15, -0.1) is 0 Å². The summed E-state index contributed by atoms with van der Waals surface area (Å²) in [4.78, 5) is 19.6. The zero-order chi connectivity index (χ0) is 15.1. The third kappa shape index (κ3) is 4.80. The Bertz CT molecular complexity index is 406. The fourth-order valence-corrected chi connectivity index (χ4v) is 1.71. The Labute approximate surface area is 122 Å². The monoisotopic (exact) mass is 281 g/mol. The summed E-state index contributed by atoms with van der Waals surface area (Å²) in [5, 5.41) is 3.00. The largest absolute Gasteiger partial charge is 0.357 e. The van der Waals surface area contributed by atoms with Crippen LogP contribution in [0.3, 0.4) is 0 Å². The molecular formula is C13H27N7. The average molecular weight is 281 g/mol. The van der Waals surface area contributed by atoms with Crippen LogP contribution in [0.15, 0.2) is 0 Å². The molecule has 0 aliphatic carbocycles. The summed E-state index contributed by atoms with van der Waals surface area (Å²) >= 11 is 0. The van der Waals surface area contributed by atoms with E-state index in [1.807, 2.05) is 26.0 Å². The maximum Gasteiger partial charge on any atom is 0.232 e. The molecule has 0 spiro atoms. The predicted octanol–water partition coefficient (Wildman–Crippen LogP) is 0.757. The van der Waals surface area contributed by atoms with Gasteiger partial charge in [-0.1, -0.05) is 6.92 Å². The van der Waals surface area contributed by atoms with Gasteiger partial charge < -0.3 is 20.0 Å². The second kappa shape index (κ2) is 7.84. The third-order valence-corrected chi connectivity index (χ3v) is 2.83. The summed E-state index contributed by atoms with van der Waals surface area (Å²) in [6.45, 7) is 4.97. The van der Waals surface area contributed by atoms with Crippen molar-refractivity contribution >= 4 is 17.8 Å². The molecule has 0 radical (unpaired) electrons. The molecule has 7 nitrogen and oxygen atoms in total. The molecule has 1 heterocycles. The van der Waals surface area contributed by atoms with Gasteiger partial charge in [0.2, 0.25) is 17.8 Å². The lowest BCUT2D eigenvalue weighted by Gasteiger charge is -2.25. The highest BCUT2D eigenvalue weighted by Crippen LogP contribution is 2.15. The van der Waals surface area contributed by atoms with E-state index in [0.717, 1.165) is 32.0 Å². The molecule has 0 unspecified atom stereocenters. The SMILES string of the molecule is CCCN(CCN(C)C)c1nc(NC)nc(N(C)C)n1. The van der Waals surface area contributed by atoms with Gasteiger partial charge in [-0.2, -0.15) is 15.0 Å². The number of hydrogen-bond donors (Lipinski definition) is 1. The van der Waals surface area contributed by atoms with Crippen molar-refractivity contribution in [2.45, 2.75) is 13.3 Å². The summed E-state index contributed by atoms with van der Waals surface area (Å²) in [6, 6.07) is 0. The topological polar surface area (TPSA) is 60.4 Å². The second-order valence-electron chi connectivity index (χ2n) is 5.19. The lowest BCUT2D eigenvalue weighted by molar-refractivity contribution is 0.411. The molecule has 114 valence electrons. The zero-order valence-electron chi connectivity index (χ0n) is 13.5. The van der Waals surface area contributed by atoms with Crippen LogP contribution in [0.1, 0.15) is 13.3 Å². The van der Waals surface area contributed by atoms with E-state index in [1.165, 1.54) is 0 Å². The maximum absolute atomic E-state index is 4.55. The first-order valence-corrected chi connectivity index (χ1v) is 6.98. The van der Waals surface area contributed by atoms with Crippen LogP contribution < -0.4 is 15.1 Å². The molecule has 0 saturated carbocycles. The molecule has 0 aliphatic heterocycles. The van der Waals surface area contributed by atoms with Crippen molar-refractivity contribution < 1.29 is 0 Å². The molecule has 1 aromatic heterocycles. The second-order valence-corrected chi connectivity index (χ2v) is 5.19. The van der Waals surface area contributed by atoms with Crippen LogP contribution in [-0.2, 0) is 0 Å². The minimum Gasteiger partial charge on any atom is -0.357 e. The smallest absolute Gasteiger partial charge is 0.232 e. The average Bonchev–Trinajstić information content (AvgIpc) is 2.42. The minimum absolute atomic E-state index is 0.602. The van der Waals surface area contributed by atoms with Crippen LogP contribution in [0.4, 0.5) is 17.8 Å². The molecule has 0 bridgehead atoms. The Hall–Kier alpha value is -1.63. The van der Waals surface area contributed by atoms with Crippen LogP contribution in [0.2, 0.25) is 0 Å². The van der Waals surface area contributed by atoms with E-state index in [0.29, 0.717) is 11.9 Å². The first-order valence-electron chi connectivity index (χ1n) is 6.98. The highest BCUT2D eigenvalue weighted by Gasteiger charge is 2.13. The standard InChI is InChI=1S/C13H27N7/c1-7-8-20(10-9-18(3)4)13-16-11(14-2)15-12(17-13)19(5)6/h7-10H2,1-6H3,(H,14,15,16,17). The van der Waals surface area contributed by atoms with Crippen molar-refractivity contribution in [2.24, 2.45) is 0 Å². The van der Waals surface area contributed by atoms with E-state index in [9.17, 15) is 0 Å². The highest BCUT2D eigenvalue weighted by molar-refractivity contribution is 5.44. The van der Waals surface area contributed by atoms with E-state index in [4.69, 9.17) is 0 Å². The normalized spacial score (nSPS) is 10.8. The highest BCUT2D eigenvalue weighted by atomic mass is 15.4. The Kier molecular flexibility index (Phi) is 6.44. The Morgan fingerprint density at radius 3 is 2.05 bits per heavy atom. The van der Waals surface area contributed by atoms with Crippen LogP contribution in [0, 0.1) is 0 Å². The Balaban J connectivity index is 3.01. The predicted molar refractivity (Wildman–Crippen MR) is 84.8 cm³/mol. The molecule has 0 aliphatic rings. The first-order chi connectivity index (χ1) is 9.47. The van der Waals surface area contributed by atoms with Crippen molar-refractivity contribution in [3.8, 4) is 0 Å². The van der Waals surface area contributed by atoms with E-state index < -0.39 is 0 Å². The molecule has 0 saturated heterocycles. The van der Waals surface area contributed by atoms with Gasteiger partial charge in [-0.3, -0.25) is 0 Å². The van der Waals surface area contributed by atoms with Gasteiger partial charge in [-0.05, 0) is 20.5 Å². The van der Waals surface area contributed by atoms with Crippen LogP contribution >= 0.6 is 0 Å². The number of anilines is 3. The van der Waals surface area contributed by atoms with Gasteiger partial charge >= 0.3 is 0 Å². The van der Waals surface area contributed by atoms with Gasteiger partial charge in [0.1, 0.15) is 0 Å². The van der Waals surface area contributed by atoms with Crippen molar-refractivity contribution in [1.29, 1.82) is 0 Å². The van der Waals surface area contributed by atoms with Gasteiger partial charge in [0.25, 0.3) is 0 Å². The van der Waals surface area contributed by atoms with E-state index in [-0.39, 0.29) is 0 Å². The summed E-state index contributed by atoms with van der Waals surface area (Å²) in [5.74, 6) is 2.01. The zero-order valence-corrected chi connectivity index (χ0v) is 13.5. The molecule has 0 amide bonds. The van der Waals surface area contributed by atoms with Crippen LogP contribution in [-0.4, -0.2) is 74.7 Å². The molecule has 0 aromatic carbocycles. The lowest BCUT2D eigenvalue weighted by Crippen LogP contribution is -2.34. The minimum atomic E-state index is 0.602. The third-order valence-electron chi connectivity index (χ3n) is 2.83. The molecule has 1 N–H and O–H groups in total. The molecule has 1 aromatic rings. The van der Waals surface area contributed by atoms with Gasteiger partial charge in [-0.25, -0.2) is 0 Å². The van der Waals surface area contributed by atoms with Gasteiger partial charge in [0, 0.05) is 40.8 Å². The maximum atomic E-state index is 4.55. The van der Waals surface area contributed by atoms with E-state index >= 15 is 0 Å². The number of nitrogens with one attached hydrogen (secondary N) is 1. The quantitative estimate of drug-likeness (QED) is 0.754. The molecule has 7 heteroatoms. The number of nitrogens with zero attached hydrogens (tertiary/aromatic N) is 6. The summed E-state index contributed by atoms with van der Waals surface area (Å²) in [7, 11) is 9.83.